The molecule has 0 bridgehead atoms. The summed E-state index contributed by atoms with van der Waals surface area (Å²) >= 11 is 6.39. The molecule has 0 aliphatic carbocycles. The first-order valence-electron chi connectivity index (χ1n) is 8.50. The molecule has 1 aromatic carbocycles. The van der Waals surface area contributed by atoms with Gasteiger partial charge < -0.3 is 13.7 Å². The van der Waals surface area contributed by atoms with Gasteiger partial charge in [0.15, 0.2) is 0 Å². The first-order valence-corrected chi connectivity index (χ1v) is 11.8. The Labute approximate surface area is 153 Å². The molecule has 0 radical (unpaired) electrons. The Hall–Kier alpha value is -0.488. The van der Waals surface area contributed by atoms with Crippen LogP contribution in [0.15, 0.2) is 18.2 Å². The minimum atomic E-state index is -1.96. The van der Waals surface area contributed by atoms with E-state index in [9.17, 15) is 0 Å². The zero-order valence-corrected chi connectivity index (χ0v) is 18.2. The lowest BCUT2D eigenvalue weighted by atomic mass is 9.79. The second-order valence-corrected chi connectivity index (χ2v) is 14.3. The Kier molecular flexibility index (Phi) is 5.00. The smallest absolute Gasteiger partial charge is 0.494 e. The van der Waals surface area contributed by atoms with Crippen molar-refractivity contribution in [3.05, 3.63) is 23.2 Å². The largest absolute Gasteiger partial charge is 0.543 e. The van der Waals surface area contributed by atoms with Gasteiger partial charge in [-0.15, -0.1) is 0 Å². The van der Waals surface area contributed by atoms with Crippen LogP contribution in [-0.2, 0) is 9.31 Å². The van der Waals surface area contributed by atoms with Crippen LogP contribution in [0.3, 0.4) is 0 Å². The van der Waals surface area contributed by atoms with Crippen LogP contribution in [0.25, 0.3) is 0 Å². The summed E-state index contributed by atoms with van der Waals surface area (Å²) < 4.78 is 18.7. The SMILES string of the molecule is CC1(C)OB(c2ccc(Cl)c(O[Si](C)(C)C(C)(C)C)c2)OC1(C)C. The van der Waals surface area contributed by atoms with E-state index in [1.165, 1.54) is 0 Å². The summed E-state index contributed by atoms with van der Waals surface area (Å²) in [6, 6.07) is 5.78. The fourth-order valence-electron chi connectivity index (χ4n) is 2.15. The molecule has 6 heteroatoms. The molecule has 1 aliphatic heterocycles. The summed E-state index contributed by atoms with van der Waals surface area (Å²) in [5.41, 5.74) is 0.210. The lowest BCUT2D eigenvalue weighted by molar-refractivity contribution is 0.00578. The van der Waals surface area contributed by atoms with Gasteiger partial charge in [-0.05, 0) is 63.4 Å². The highest BCUT2D eigenvalue weighted by atomic mass is 35.5. The maximum Gasteiger partial charge on any atom is 0.494 e. The Bertz CT molecular complexity index is 607. The summed E-state index contributed by atoms with van der Waals surface area (Å²) in [7, 11) is -2.37. The normalized spacial score (nSPS) is 20.3. The van der Waals surface area contributed by atoms with Crippen LogP contribution in [0.5, 0.6) is 5.75 Å². The lowest BCUT2D eigenvalue weighted by Gasteiger charge is -2.36. The van der Waals surface area contributed by atoms with E-state index < -0.39 is 15.4 Å². The van der Waals surface area contributed by atoms with Gasteiger partial charge in [0.1, 0.15) is 5.75 Å². The quantitative estimate of drug-likeness (QED) is 0.701. The number of rotatable bonds is 3. The van der Waals surface area contributed by atoms with Crippen LogP contribution in [0.4, 0.5) is 0 Å². The van der Waals surface area contributed by atoms with Crippen molar-refractivity contribution in [2.24, 2.45) is 0 Å². The molecule has 0 amide bonds. The molecule has 2 rings (SSSR count). The van der Waals surface area contributed by atoms with Crippen molar-refractivity contribution in [1.82, 2.24) is 0 Å². The van der Waals surface area contributed by atoms with Gasteiger partial charge in [-0.2, -0.15) is 0 Å². The summed E-state index contributed by atoms with van der Waals surface area (Å²) in [6.45, 7) is 19.3. The first-order chi connectivity index (χ1) is 10.7. The van der Waals surface area contributed by atoms with Gasteiger partial charge in [0.25, 0.3) is 8.32 Å². The predicted octanol–water partition coefficient (Wildman–Crippen LogP) is 5.02. The highest BCUT2D eigenvalue weighted by molar-refractivity contribution is 6.75. The monoisotopic (exact) mass is 368 g/mol. The minimum Gasteiger partial charge on any atom is -0.543 e. The average molecular weight is 369 g/mol. The van der Waals surface area contributed by atoms with Crippen LogP contribution in [0.1, 0.15) is 48.5 Å². The molecule has 134 valence electrons. The zero-order chi connectivity index (χ0) is 18.6. The standard InChI is InChI=1S/C18H30BClO3Si/c1-16(2,3)24(8,9)21-15-12-13(10-11-14(15)20)19-22-17(4,5)18(6,7)23-19/h10-12H,1-9H3. The van der Waals surface area contributed by atoms with E-state index in [0.717, 1.165) is 11.2 Å². The van der Waals surface area contributed by atoms with Crippen molar-refractivity contribution < 1.29 is 13.7 Å². The van der Waals surface area contributed by atoms with E-state index in [4.69, 9.17) is 25.3 Å². The van der Waals surface area contributed by atoms with E-state index >= 15 is 0 Å². The summed E-state index contributed by atoms with van der Waals surface area (Å²) in [4.78, 5) is 0. The fourth-order valence-corrected chi connectivity index (χ4v) is 3.40. The van der Waals surface area contributed by atoms with Crippen molar-refractivity contribution in [3.8, 4) is 5.75 Å². The van der Waals surface area contributed by atoms with Gasteiger partial charge in [0.05, 0.1) is 16.2 Å². The molecule has 1 aromatic rings. The van der Waals surface area contributed by atoms with Crippen LogP contribution in [-0.4, -0.2) is 26.6 Å². The van der Waals surface area contributed by atoms with Gasteiger partial charge in [0, 0.05) is 0 Å². The third-order valence-electron chi connectivity index (χ3n) is 5.65. The zero-order valence-electron chi connectivity index (χ0n) is 16.4. The van der Waals surface area contributed by atoms with E-state index in [1.807, 2.05) is 18.2 Å². The summed E-state index contributed by atoms with van der Waals surface area (Å²) in [6.07, 6.45) is 0. The average Bonchev–Trinajstić information content (AvgIpc) is 2.59. The van der Waals surface area contributed by atoms with Crippen LogP contribution < -0.4 is 9.89 Å². The fraction of sp³-hybridized carbons (Fsp3) is 0.667. The third-order valence-corrected chi connectivity index (χ3v) is 10.3. The Morgan fingerprint density at radius 2 is 1.54 bits per heavy atom. The molecule has 1 heterocycles. The maximum absolute atomic E-state index is 6.40. The first kappa shape index (κ1) is 19.8. The van der Waals surface area contributed by atoms with Crippen LogP contribution in [0.2, 0.25) is 23.2 Å². The van der Waals surface area contributed by atoms with Crippen molar-refractivity contribution >= 4 is 32.5 Å². The molecule has 0 unspecified atom stereocenters. The topological polar surface area (TPSA) is 27.7 Å². The third kappa shape index (κ3) is 3.69. The van der Waals surface area contributed by atoms with Gasteiger partial charge in [-0.25, -0.2) is 0 Å². The van der Waals surface area contributed by atoms with Gasteiger partial charge in [-0.3, -0.25) is 0 Å². The van der Waals surface area contributed by atoms with E-state index in [2.05, 4.69) is 61.6 Å². The second-order valence-electron chi connectivity index (χ2n) is 9.14. The van der Waals surface area contributed by atoms with Crippen LogP contribution in [0, 0.1) is 0 Å². The van der Waals surface area contributed by atoms with Crippen molar-refractivity contribution in [1.29, 1.82) is 0 Å². The highest BCUT2D eigenvalue weighted by Crippen LogP contribution is 2.40. The van der Waals surface area contributed by atoms with E-state index in [0.29, 0.717) is 5.02 Å². The summed E-state index contributed by atoms with van der Waals surface area (Å²) in [5.74, 6) is 0.718. The molecule has 0 aromatic heterocycles. The molecule has 0 atom stereocenters. The minimum absolute atomic E-state index is 0.108. The highest BCUT2D eigenvalue weighted by Gasteiger charge is 2.52. The molecule has 0 saturated carbocycles. The second kappa shape index (κ2) is 6.05. The Balaban J connectivity index is 2.31. The molecule has 1 aliphatic rings. The van der Waals surface area contributed by atoms with E-state index in [-0.39, 0.29) is 16.2 Å². The number of benzene rings is 1. The Morgan fingerprint density at radius 3 is 2.00 bits per heavy atom. The molecule has 1 saturated heterocycles. The molecule has 1 fully saturated rings. The molecule has 3 nitrogen and oxygen atoms in total. The predicted molar refractivity (Wildman–Crippen MR) is 105 cm³/mol. The van der Waals surface area contributed by atoms with Gasteiger partial charge in [0.2, 0.25) is 0 Å². The van der Waals surface area contributed by atoms with Crippen molar-refractivity contribution in [2.75, 3.05) is 0 Å². The van der Waals surface area contributed by atoms with Crippen molar-refractivity contribution in [2.45, 2.75) is 77.8 Å². The molecule has 0 spiro atoms. The molecule has 24 heavy (non-hydrogen) atoms. The molecular formula is C18H30BClO3Si. The maximum atomic E-state index is 6.40. The van der Waals surface area contributed by atoms with Gasteiger partial charge in [-0.1, -0.05) is 38.4 Å². The lowest BCUT2D eigenvalue weighted by Crippen LogP contribution is -2.44. The van der Waals surface area contributed by atoms with Crippen LogP contribution >= 0.6 is 11.6 Å². The van der Waals surface area contributed by atoms with Gasteiger partial charge >= 0.3 is 7.12 Å². The van der Waals surface area contributed by atoms with Crippen molar-refractivity contribution in [3.63, 3.8) is 0 Å². The number of hydrogen-bond acceptors (Lipinski definition) is 3. The summed E-state index contributed by atoms with van der Waals surface area (Å²) in [5, 5.41) is 0.733. The molecule has 0 N–H and O–H groups in total. The Morgan fingerprint density at radius 1 is 1.04 bits per heavy atom. The number of hydrogen-bond donors (Lipinski definition) is 0. The molecular weight excluding hydrogens is 339 g/mol. The number of halogens is 1. The van der Waals surface area contributed by atoms with E-state index in [1.54, 1.807) is 0 Å².